The Morgan fingerprint density at radius 3 is 1.82 bits per heavy atom. The SMILES string of the molecule is C#C.C#C.C=C/C=C\C.CC.CC.CC(C)(C)OC(=O)NCC(=O)N1C[C@@H](O)C[C@H]1C(=O)NC1CC1.CC(C)C. The van der Waals surface area contributed by atoms with Gasteiger partial charge in [0.25, 0.3) is 0 Å². The van der Waals surface area contributed by atoms with Crippen molar-refractivity contribution in [2.75, 3.05) is 13.1 Å². The van der Waals surface area contributed by atoms with Crippen LogP contribution in [0.4, 0.5) is 4.79 Å². The summed E-state index contributed by atoms with van der Waals surface area (Å²) >= 11 is 0. The predicted octanol–water partition coefficient (Wildman–Crippen LogP) is 5.71. The molecule has 8 nitrogen and oxygen atoms in total. The summed E-state index contributed by atoms with van der Waals surface area (Å²) in [7, 11) is 0. The van der Waals surface area contributed by atoms with Gasteiger partial charge in [0.15, 0.2) is 0 Å². The molecule has 3 N–H and O–H groups in total. The minimum absolute atomic E-state index is 0.0948. The Kier molecular flexibility index (Phi) is 35.3. The number of terminal acetylenes is 2. The van der Waals surface area contributed by atoms with Gasteiger partial charge in [-0.25, -0.2) is 4.79 Å². The Morgan fingerprint density at radius 2 is 1.50 bits per heavy atom. The first kappa shape index (κ1) is 46.6. The lowest BCUT2D eigenvalue weighted by Gasteiger charge is -2.24. The van der Waals surface area contributed by atoms with Crippen molar-refractivity contribution in [3.05, 3.63) is 24.8 Å². The molecule has 3 amide bonds. The van der Waals surface area contributed by atoms with Crippen LogP contribution in [0.2, 0.25) is 0 Å². The Labute approximate surface area is 246 Å². The van der Waals surface area contributed by atoms with Crippen LogP contribution in [0.1, 0.15) is 95.4 Å². The fourth-order valence-corrected chi connectivity index (χ4v) is 2.56. The average molecular weight is 566 g/mol. The highest BCUT2D eigenvalue weighted by Crippen LogP contribution is 2.22. The number of nitrogens with zero attached hydrogens (tertiary/aromatic N) is 1. The first-order valence-corrected chi connectivity index (χ1v) is 14.0. The van der Waals surface area contributed by atoms with Gasteiger partial charge in [-0.3, -0.25) is 9.59 Å². The van der Waals surface area contributed by atoms with E-state index in [1.165, 1.54) is 4.90 Å². The summed E-state index contributed by atoms with van der Waals surface area (Å²) in [6.45, 7) is 24.9. The van der Waals surface area contributed by atoms with Gasteiger partial charge in [-0.15, -0.1) is 25.7 Å². The van der Waals surface area contributed by atoms with Crippen LogP contribution >= 0.6 is 0 Å². The fourth-order valence-electron chi connectivity index (χ4n) is 2.56. The van der Waals surface area contributed by atoms with E-state index in [2.05, 4.69) is 63.7 Å². The molecule has 0 radical (unpaired) electrons. The summed E-state index contributed by atoms with van der Waals surface area (Å²) in [5.41, 5.74) is -0.649. The maximum Gasteiger partial charge on any atom is 0.408 e. The molecule has 2 atom stereocenters. The van der Waals surface area contributed by atoms with Crippen molar-refractivity contribution >= 4 is 17.9 Å². The largest absolute Gasteiger partial charge is 0.444 e. The lowest BCUT2D eigenvalue weighted by molar-refractivity contribution is -0.137. The number of allylic oxidation sites excluding steroid dienone is 3. The molecule has 0 unspecified atom stereocenters. The number of carbonyl (C=O) groups excluding carboxylic acids is 3. The number of carbonyl (C=O) groups is 3. The van der Waals surface area contributed by atoms with Gasteiger partial charge < -0.3 is 25.4 Å². The van der Waals surface area contributed by atoms with E-state index in [0.29, 0.717) is 0 Å². The zero-order valence-corrected chi connectivity index (χ0v) is 27.1. The van der Waals surface area contributed by atoms with E-state index in [1.54, 1.807) is 26.8 Å². The summed E-state index contributed by atoms with van der Waals surface area (Å²) in [6, 6.07) is -0.490. The maximum atomic E-state index is 12.2. The number of ether oxygens (including phenoxy) is 1. The van der Waals surface area contributed by atoms with Crippen molar-refractivity contribution in [1.29, 1.82) is 0 Å². The highest BCUT2D eigenvalue weighted by molar-refractivity contribution is 5.90. The molecule has 1 saturated carbocycles. The molecule has 0 aromatic rings. The number of likely N-dealkylation sites (tertiary alicyclic amines) is 1. The molecule has 1 aliphatic carbocycles. The lowest BCUT2D eigenvalue weighted by Crippen LogP contribution is -2.49. The van der Waals surface area contributed by atoms with E-state index < -0.39 is 29.7 Å². The van der Waals surface area contributed by atoms with E-state index >= 15 is 0 Å². The van der Waals surface area contributed by atoms with Crippen molar-refractivity contribution in [3.63, 3.8) is 0 Å². The molecule has 1 aliphatic heterocycles. The zero-order chi connectivity index (χ0) is 32.9. The topological polar surface area (TPSA) is 108 Å². The van der Waals surface area contributed by atoms with Crippen LogP contribution in [0.15, 0.2) is 24.8 Å². The number of β-amino-alcohol motifs (C(OH)–C–C–N with tert-alkyl or cyclic N) is 1. The molecular formula is C32H59N3O5. The number of aliphatic hydroxyl groups is 1. The molecule has 40 heavy (non-hydrogen) atoms. The first-order valence-electron chi connectivity index (χ1n) is 14.0. The monoisotopic (exact) mass is 565 g/mol. The molecule has 232 valence electrons. The van der Waals surface area contributed by atoms with Crippen LogP contribution in [0.3, 0.4) is 0 Å². The molecule has 0 bridgehead atoms. The van der Waals surface area contributed by atoms with E-state index in [1.807, 2.05) is 46.8 Å². The summed E-state index contributed by atoms with van der Waals surface area (Å²) in [5, 5.41) is 15.0. The second kappa shape index (κ2) is 30.3. The Bertz CT molecular complexity index is 708. The highest BCUT2D eigenvalue weighted by atomic mass is 16.6. The van der Waals surface area contributed by atoms with Crippen molar-refractivity contribution in [2.24, 2.45) is 5.92 Å². The third kappa shape index (κ3) is 31.0. The van der Waals surface area contributed by atoms with Crippen LogP contribution in [0.5, 0.6) is 0 Å². The number of aliphatic hydroxyl groups excluding tert-OH is 1. The second-order valence-corrected chi connectivity index (χ2v) is 9.58. The standard InChI is InChI=1S/C15H25N3O5.C5H8.C4H10.2C2H6.2C2H2/c1-15(2,3)23-14(22)16-7-12(20)18-8-10(19)6-11(18)13(21)17-9-4-5-9;1-3-5-4-2;1-4(2)3;4*1-2/h9-11,19H,4-8H2,1-3H3,(H,16,22)(H,17,21);3-5H,1H2,2H3;4H,1-3H3;2*1-2H3;2*1-2H/b;5-4-;;;;;/t10-,11-;;;;;;/m0....../s1. The highest BCUT2D eigenvalue weighted by Gasteiger charge is 2.40. The van der Waals surface area contributed by atoms with Gasteiger partial charge in [0.05, 0.1) is 6.10 Å². The molecule has 2 aliphatic rings. The number of hydrogen-bond acceptors (Lipinski definition) is 5. The Balaban J connectivity index is -0.000000200. The second-order valence-electron chi connectivity index (χ2n) is 9.58. The molecule has 0 aromatic carbocycles. The predicted molar refractivity (Wildman–Crippen MR) is 170 cm³/mol. The molecule has 8 heteroatoms. The van der Waals surface area contributed by atoms with Gasteiger partial charge in [0.1, 0.15) is 18.2 Å². The van der Waals surface area contributed by atoms with E-state index in [-0.39, 0.29) is 31.5 Å². The average Bonchev–Trinajstić information content (AvgIpc) is 3.64. The molecular weight excluding hydrogens is 506 g/mol. The van der Waals surface area contributed by atoms with Crippen LogP contribution in [0, 0.1) is 31.6 Å². The van der Waals surface area contributed by atoms with Gasteiger partial charge in [-0.1, -0.05) is 73.3 Å². The minimum atomic E-state index is -0.726. The number of amides is 3. The summed E-state index contributed by atoms with van der Waals surface area (Å²) in [4.78, 5) is 37.3. The van der Waals surface area contributed by atoms with Crippen LogP contribution < -0.4 is 10.6 Å². The van der Waals surface area contributed by atoms with Gasteiger partial charge in [-0.2, -0.15) is 0 Å². The zero-order valence-electron chi connectivity index (χ0n) is 27.1. The first-order chi connectivity index (χ1) is 18.8. The van der Waals surface area contributed by atoms with E-state index in [4.69, 9.17) is 4.74 Å². The van der Waals surface area contributed by atoms with E-state index in [9.17, 15) is 19.5 Å². The van der Waals surface area contributed by atoms with Gasteiger partial charge in [0, 0.05) is 19.0 Å². The lowest BCUT2D eigenvalue weighted by atomic mass is 10.2. The third-order valence-corrected chi connectivity index (χ3v) is 3.94. The Morgan fingerprint density at radius 1 is 1.05 bits per heavy atom. The van der Waals surface area contributed by atoms with Crippen LogP contribution in [-0.2, 0) is 14.3 Å². The number of nitrogens with one attached hydrogen (secondary N) is 2. The maximum absolute atomic E-state index is 12.2. The molecule has 2 rings (SSSR count). The van der Waals surface area contributed by atoms with Crippen molar-refractivity contribution in [2.45, 2.75) is 119 Å². The van der Waals surface area contributed by atoms with Gasteiger partial charge >= 0.3 is 6.09 Å². The third-order valence-electron chi connectivity index (χ3n) is 3.94. The molecule has 0 spiro atoms. The summed E-state index contributed by atoms with van der Waals surface area (Å²) in [6.07, 6.45) is 22.3. The number of rotatable bonds is 5. The van der Waals surface area contributed by atoms with Crippen LogP contribution in [0.25, 0.3) is 0 Å². The Hall–Kier alpha value is -3.23. The van der Waals surface area contributed by atoms with Crippen molar-refractivity contribution in [3.8, 4) is 25.7 Å². The van der Waals surface area contributed by atoms with Crippen molar-refractivity contribution in [1.82, 2.24) is 15.5 Å². The normalized spacial score (nSPS) is 16.4. The summed E-state index contributed by atoms with van der Waals surface area (Å²) < 4.78 is 5.06. The van der Waals surface area contributed by atoms with Gasteiger partial charge in [0.2, 0.25) is 11.8 Å². The number of hydrogen-bond donors (Lipinski definition) is 3. The number of alkyl carbamates (subject to hydrolysis) is 1. The van der Waals surface area contributed by atoms with Gasteiger partial charge in [-0.05, 0) is 46.5 Å². The van der Waals surface area contributed by atoms with E-state index in [0.717, 1.165) is 18.8 Å². The summed E-state index contributed by atoms with van der Waals surface area (Å²) in [5.74, 6) is 0.179. The fraction of sp³-hybridized carbons (Fsp3) is 0.656. The van der Waals surface area contributed by atoms with Crippen molar-refractivity contribution < 1.29 is 24.2 Å². The molecule has 2 fully saturated rings. The molecule has 1 heterocycles. The smallest absolute Gasteiger partial charge is 0.408 e. The minimum Gasteiger partial charge on any atom is -0.444 e. The van der Waals surface area contributed by atoms with Crippen LogP contribution in [-0.4, -0.2) is 64.8 Å². The quantitative estimate of drug-likeness (QED) is 0.292. The molecule has 0 aromatic heterocycles. The molecule has 1 saturated heterocycles.